The molecule has 1 heterocycles. The van der Waals surface area contributed by atoms with E-state index in [0.29, 0.717) is 0 Å². The van der Waals surface area contributed by atoms with Crippen molar-refractivity contribution in [1.82, 2.24) is 9.78 Å². The predicted octanol–water partition coefficient (Wildman–Crippen LogP) is 4.30. The maximum absolute atomic E-state index is 4.43. The molecule has 2 aromatic rings. The number of aromatic nitrogens is 2. The van der Waals surface area contributed by atoms with Gasteiger partial charge in [-0.1, -0.05) is 30.3 Å². The van der Waals surface area contributed by atoms with E-state index in [1.807, 2.05) is 42.6 Å². The highest BCUT2D eigenvalue weighted by atomic mass is 80.0. The van der Waals surface area contributed by atoms with Crippen molar-refractivity contribution >= 4 is 47.8 Å². The molecule has 0 unspecified atom stereocenters. The fourth-order valence-electron chi connectivity index (χ4n) is 1.23. The molecular formula is C10H7Br3N2. The van der Waals surface area contributed by atoms with Gasteiger partial charge in [0.25, 0.3) is 0 Å². The number of rotatable bonds is 1. The van der Waals surface area contributed by atoms with Crippen LogP contribution in [0, 0.1) is 0 Å². The van der Waals surface area contributed by atoms with E-state index in [9.17, 15) is 0 Å². The van der Waals surface area contributed by atoms with Crippen LogP contribution >= 0.6 is 47.8 Å². The van der Waals surface area contributed by atoms with Gasteiger partial charge in [-0.3, -0.25) is 0 Å². The molecule has 0 saturated heterocycles. The van der Waals surface area contributed by atoms with Crippen LogP contribution in [0.15, 0.2) is 42.6 Å². The molecule has 78 valence electrons. The molecule has 0 saturated carbocycles. The lowest BCUT2D eigenvalue weighted by Gasteiger charge is -2.11. The summed E-state index contributed by atoms with van der Waals surface area (Å²) in [7, 11) is 0. The topological polar surface area (TPSA) is 17.8 Å². The first-order valence-electron chi connectivity index (χ1n) is 4.26. The van der Waals surface area contributed by atoms with Gasteiger partial charge in [0.15, 0.2) is 0 Å². The minimum absolute atomic E-state index is 0.514. The summed E-state index contributed by atoms with van der Waals surface area (Å²) in [4.78, 5) is 0. The van der Waals surface area contributed by atoms with Crippen molar-refractivity contribution in [3.8, 4) is 11.3 Å². The van der Waals surface area contributed by atoms with Gasteiger partial charge < -0.3 is 0 Å². The summed E-state index contributed by atoms with van der Waals surface area (Å²) in [5.41, 5.74) is 2.05. The number of benzene rings is 1. The smallest absolute Gasteiger partial charge is 0.225 e. The van der Waals surface area contributed by atoms with Crippen molar-refractivity contribution < 1.29 is 0 Å². The molecule has 0 fully saturated rings. The third-order valence-electron chi connectivity index (χ3n) is 1.92. The fraction of sp³-hybridized carbons (Fsp3) is 0.100. The van der Waals surface area contributed by atoms with Crippen molar-refractivity contribution in [2.45, 2.75) is 2.27 Å². The first-order valence-corrected chi connectivity index (χ1v) is 6.63. The van der Waals surface area contributed by atoms with Crippen LogP contribution in [0.5, 0.6) is 0 Å². The summed E-state index contributed by atoms with van der Waals surface area (Å²) in [6.45, 7) is 0. The van der Waals surface area contributed by atoms with Gasteiger partial charge >= 0.3 is 0 Å². The zero-order valence-corrected chi connectivity index (χ0v) is 12.3. The Morgan fingerprint density at radius 1 is 1.00 bits per heavy atom. The maximum atomic E-state index is 4.43. The normalized spacial score (nSPS) is 11.7. The Bertz CT molecular complexity index is 445. The Morgan fingerprint density at radius 2 is 1.67 bits per heavy atom. The van der Waals surface area contributed by atoms with Crippen molar-refractivity contribution in [2.24, 2.45) is 0 Å². The van der Waals surface area contributed by atoms with Crippen molar-refractivity contribution in [3.05, 3.63) is 42.6 Å². The Morgan fingerprint density at radius 3 is 2.20 bits per heavy atom. The Labute approximate surface area is 113 Å². The molecule has 0 amide bonds. The highest BCUT2D eigenvalue weighted by Gasteiger charge is 2.21. The molecule has 1 aromatic heterocycles. The van der Waals surface area contributed by atoms with Gasteiger partial charge in [-0.2, -0.15) is 5.10 Å². The van der Waals surface area contributed by atoms with Gasteiger partial charge in [-0.05, 0) is 53.9 Å². The summed E-state index contributed by atoms with van der Waals surface area (Å²) in [6.07, 6.45) is 1.89. The van der Waals surface area contributed by atoms with Crippen LogP contribution < -0.4 is 0 Å². The van der Waals surface area contributed by atoms with Crippen molar-refractivity contribution in [2.75, 3.05) is 0 Å². The molecule has 0 aliphatic heterocycles. The van der Waals surface area contributed by atoms with E-state index in [1.54, 1.807) is 4.68 Å². The van der Waals surface area contributed by atoms with Gasteiger partial charge in [0.2, 0.25) is 2.27 Å². The maximum Gasteiger partial charge on any atom is 0.225 e. The summed E-state index contributed by atoms with van der Waals surface area (Å²) in [5, 5.41) is 4.43. The SMILES string of the molecule is BrC(Br)(Br)n1ccc(-c2ccccc2)n1. The molecule has 2 rings (SSSR count). The van der Waals surface area contributed by atoms with Gasteiger partial charge in [-0.15, -0.1) is 0 Å². The number of hydrogen-bond acceptors (Lipinski definition) is 1. The number of hydrogen-bond donors (Lipinski definition) is 0. The van der Waals surface area contributed by atoms with Crippen molar-refractivity contribution in [1.29, 1.82) is 0 Å². The van der Waals surface area contributed by atoms with Gasteiger partial charge in [-0.25, -0.2) is 4.68 Å². The van der Waals surface area contributed by atoms with Crippen LogP contribution in [0.4, 0.5) is 0 Å². The minimum atomic E-state index is -0.514. The highest BCUT2D eigenvalue weighted by molar-refractivity contribution is 9.38. The predicted molar refractivity (Wildman–Crippen MR) is 72.4 cm³/mol. The molecular weight excluding hydrogens is 388 g/mol. The quantitative estimate of drug-likeness (QED) is 0.659. The third kappa shape index (κ3) is 2.71. The van der Waals surface area contributed by atoms with Gasteiger partial charge in [0, 0.05) is 11.8 Å². The molecule has 0 N–H and O–H groups in total. The molecule has 5 heteroatoms. The van der Waals surface area contributed by atoms with E-state index < -0.39 is 2.27 Å². The monoisotopic (exact) mass is 392 g/mol. The molecule has 1 aromatic carbocycles. The molecule has 15 heavy (non-hydrogen) atoms. The minimum Gasteiger partial charge on any atom is -0.234 e. The van der Waals surface area contributed by atoms with Crippen LogP contribution in [-0.4, -0.2) is 9.78 Å². The number of halogens is 3. The molecule has 0 bridgehead atoms. The Kier molecular flexibility index (Phi) is 3.33. The summed E-state index contributed by atoms with van der Waals surface area (Å²) in [5.74, 6) is 0. The third-order valence-corrected chi connectivity index (χ3v) is 3.01. The van der Waals surface area contributed by atoms with Crippen LogP contribution in [0.1, 0.15) is 0 Å². The standard InChI is InChI=1S/C10H7Br3N2/c11-10(12,13)15-7-6-9(14-15)8-4-2-1-3-5-8/h1-7H. The first kappa shape index (κ1) is 11.4. The lowest BCUT2D eigenvalue weighted by Crippen LogP contribution is -2.10. The summed E-state index contributed by atoms with van der Waals surface area (Å²) < 4.78 is 1.23. The van der Waals surface area contributed by atoms with Crippen LogP contribution in [0.3, 0.4) is 0 Å². The molecule has 0 atom stereocenters. The number of nitrogens with zero attached hydrogens (tertiary/aromatic N) is 2. The lowest BCUT2D eigenvalue weighted by atomic mass is 10.2. The van der Waals surface area contributed by atoms with Gasteiger partial charge in [0.05, 0.1) is 5.69 Å². The number of alkyl halides is 3. The van der Waals surface area contributed by atoms with Crippen LogP contribution in [0.25, 0.3) is 11.3 Å². The second kappa shape index (κ2) is 4.39. The summed E-state index contributed by atoms with van der Waals surface area (Å²) >= 11 is 10.2. The average molecular weight is 395 g/mol. The summed E-state index contributed by atoms with van der Waals surface area (Å²) in [6, 6.07) is 12.0. The van der Waals surface area contributed by atoms with Crippen LogP contribution in [0.2, 0.25) is 0 Å². The molecule has 0 aliphatic carbocycles. The molecule has 0 spiro atoms. The van der Waals surface area contributed by atoms with E-state index in [2.05, 4.69) is 52.9 Å². The first-order chi connectivity index (χ1) is 7.07. The second-order valence-corrected chi connectivity index (χ2v) is 9.61. The van der Waals surface area contributed by atoms with E-state index >= 15 is 0 Å². The fourth-order valence-corrected chi connectivity index (χ4v) is 1.82. The zero-order valence-electron chi connectivity index (χ0n) is 7.57. The van der Waals surface area contributed by atoms with Crippen LogP contribution in [-0.2, 0) is 2.27 Å². The van der Waals surface area contributed by atoms with E-state index in [-0.39, 0.29) is 0 Å². The largest absolute Gasteiger partial charge is 0.234 e. The Hall–Kier alpha value is -0.130. The van der Waals surface area contributed by atoms with E-state index in [4.69, 9.17) is 0 Å². The second-order valence-electron chi connectivity index (χ2n) is 2.98. The average Bonchev–Trinajstić information content (AvgIpc) is 2.67. The molecule has 0 aliphatic rings. The van der Waals surface area contributed by atoms with E-state index in [0.717, 1.165) is 11.3 Å². The molecule has 0 radical (unpaired) electrons. The zero-order chi connectivity index (χ0) is 10.9. The van der Waals surface area contributed by atoms with Gasteiger partial charge in [0.1, 0.15) is 0 Å². The van der Waals surface area contributed by atoms with E-state index in [1.165, 1.54) is 0 Å². The Balaban J connectivity index is 2.37. The lowest BCUT2D eigenvalue weighted by molar-refractivity contribution is 0.729. The molecule has 2 nitrogen and oxygen atoms in total. The highest BCUT2D eigenvalue weighted by Crippen LogP contribution is 2.38. The van der Waals surface area contributed by atoms with Crippen molar-refractivity contribution in [3.63, 3.8) is 0 Å².